The Morgan fingerprint density at radius 2 is 1.81 bits per heavy atom. The van der Waals surface area contributed by atoms with Crippen LogP contribution in [0.1, 0.15) is 16.1 Å². The predicted molar refractivity (Wildman–Crippen MR) is 97.7 cm³/mol. The largest absolute Gasteiger partial charge is 0.290 e. The van der Waals surface area contributed by atoms with Crippen LogP contribution in [-0.2, 0) is 18.3 Å². The molecule has 0 aliphatic rings. The van der Waals surface area contributed by atoms with Crippen molar-refractivity contribution in [1.29, 1.82) is 0 Å². The Balaban J connectivity index is 1.77. The lowest BCUT2D eigenvalue weighted by molar-refractivity contribution is -0.121. The maximum absolute atomic E-state index is 13.7. The van der Waals surface area contributed by atoms with Crippen LogP contribution in [0.3, 0.4) is 0 Å². The molecule has 0 aliphatic carbocycles. The van der Waals surface area contributed by atoms with Gasteiger partial charge in [0.05, 0.1) is 11.8 Å². The van der Waals surface area contributed by atoms with Crippen LogP contribution < -0.4 is 16.4 Å². The molecule has 7 nitrogen and oxygen atoms in total. The van der Waals surface area contributed by atoms with E-state index in [9.17, 15) is 18.8 Å². The molecule has 3 aromatic rings. The summed E-state index contributed by atoms with van der Waals surface area (Å²) in [6.07, 6.45) is -0.354. The number of hydrogen-bond acceptors (Lipinski definition) is 4. The first-order valence-electron chi connectivity index (χ1n) is 7.86. The molecule has 1 aromatic heterocycles. The topological polar surface area (TPSA) is 93.1 Å². The Labute approximate surface area is 157 Å². The number of hydrogen-bond donors (Lipinski definition) is 2. The van der Waals surface area contributed by atoms with Crippen molar-refractivity contribution in [3.63, 3.8) is 0 Å². The monoisotopic (exact) mass is 388 g/mol. The highest BCUT2D eigenvalue weighted by molar-refractivity contribution is 6.31. The Kier molecular flexibility index (Phi) is 5.18. The normalized spacial score (nSPS) is 10.6. The summed E-state index contributed by atoms with van der Waals surface area (Å²) in [5, 5.41) is 4.74. The fraction of sp³-hybridized carbons (Fsp3) is 0.111. The molecule has 0 saturated carbocycles. The van der Waals surface area contributed by atoms with Gasteiger partial charge in [-0.1, -0.05) is 35.9 Å². The minimum absolute atomic E-state index is 0.0246. The van der Waals surface area contributed by atoms with Crippen molar-refractivity contribution in [3.05, 3.63) is 74.9 Å². The Hall–Kier alpha value is -3.26. The van der Waals surface area contributed by atoms with Crippen molar-refractivity contribution >= 4 is 34.2 Å². The number of carbonyl (C=O) groups is 2. The number of hydrazine groups is 1. The van der Waals surface area contributed by atoms with Crippen molar-refractivity contribution < 1.29 is 14.0 Å². The van der Waals surface area contributed by atoms with Crippen LogP contribution in [0.15, 0.2) is 47.3 Å². The number of carbonyl (C=O) groups excluding carboxylic acids is 2. The van der Waals surface area contributed by atoms with Crippen molar-refractivity contribution in [1.82, 2.24) is 20.6 Å². The molecule has 0 unspecified atom stereocenters. The molecular formula is C18H14ClFN4O3. The lowest BCUT2D eigenvalue weighted by atomic mass is 10.1. The SMILES string of the molecule is Cn1nc(C(=O)NNC(=O)Cc2c(F)cccc2Cl)c2ccccc2c1=O. The zero-order valence-electron chi connectivity index (χ0n) is 14.1. The maximum atomic E-state index is 13.7. The van der Waals surface area contributed by atoms with Crippen molar-refractivity contribution in [2.75, 3.05) is 0 Å². The summed E-state index contributed by atoms with van der Waals surface area (Å²) in [6, 6.07) is 10.6. The summed E-state index contributed by atoms with van der Waals surface area (Å²) in [5.74, 6) is -1.99. The zero-order chi connectivity index (χ0) is 19.6. The van der Waals surface area contributed by atoms with Gasteiger partial charge in [-0.3, -0.25) is 25.2 Å². The summed E-state index contributed by atoms with van der Waals surface area (Å²) in [4.78, 5) is 36.5. The molecule has 2 aromatic carbocycles. The maximum Gasteiger partial charge on any atom is 0.290 e. The van der Waals surface area contributed by atoms with Crippen LogP contribution in [0.4, 0.5) is 4.39 Å². The first-order chi connectivity index (χ1) is 12.9. The number of rotatable bonds is 3. The number of nitrogens with zero attached hydrogens (tertiary/aromatic N) is 2. The van der Waals surface area contributed by atoms with E-state index < -0.39 is 17.6 Å². The van der Waals surface area contributed by atoms with E-state index in [0.717, 1.165) is 4.68 Å². The van der Waals surface area contributed by atoms with Gasteiger partial charge < -0.3 is 0 Å². The molecule has 0 radical (unpaired) electrons. The number of aromatic nitrogens is 2. The Morgan fingerprint density at radius 3 is 2.52 bits per heavy atom. The average Bonchev–Trinajstić information content (AvgIpc) is 2.66. The first-order valence-corrected chi connectivity index (χ1v) is 8.24. The van der Waals surface area contributed by atoms with Gasteiger partial charge in [0.15, 0.2) is 5.69 Å². The Morgan fingerprint density at radius 1 is 1.11 bits per heavy atom. The quantitative estimate of drug-likeness (QED) is 0.668. The van der Waals surface area contributed by atoms with Crippen LogP contribution >= 0.6 is 11.6 Å². The van der Waals surface area contributed by atoms with E-state index >= 15 is 0 Å². The molecule has 3 rings (SSSR count). The summed E-state index contributed by atoms with van der Waals surface area (Å²) in [6.45, 7) is 0. The van der Waals surface area contributed by atoms with E-state index in [1.807, 2.05) is 0 Å². The van der Waals surface area contributed by atoms with Gasteiger partial charge in [0.25, 0.3) is 11.5 Å². The fourth-order valence-corrected chi connectivity index (χ4v) is 2.79. The van der Waals surface area contributed by atoms with Gasteiger partial charge in [-0.25, -0.2) is 9.07 Å². The fourth-order valence-electron chi connectivity index (χ4n) is 2.56. The van der Waals surface area contributed by atoms with E-state index in [-0.39, 0.29) is 28.3 Å². The molecular weight excluding hydrogens is 375 g/mol. The Bertz CT molecular complexity index is 1090. The zero-order valence-corrected chi connectivity index (χ0v) is 14.9. The van der Waals surface area contributed by atoms with Crippen LogP contribution in [0.2, 0.25) is 5.02 Å². The van der Waals surface area contributed by atoms with Gasteiger partial charge in [0, 0.05) is 23.0 Å². The molecule has 0 spiro atoms. The highest BCUT2D eigenvalue weighted by Crippen LogP contribution is 2.19. The second kappa shape index (κ2) is 7.55. The predicted octanol–water partition coefficient (Wildman–Crippen LogP) is 1.73. The highest BCUT2D eigenvalue weighted by atomic mass is 35.5. The molecule has 0 atom stereocenters. The second-order valence-electron chi connectivity index (χ2n) is 5.70. The van der Waals surface area contributed by atoms with Crippen molar-refractivity contribution in [3.8, 4) is 0 Å². The van der Waals surface area contributed by atoms with Crippen LogP contribution in [0.5, 0.6) is 0 Å². The van der Waals surface area contributed by atoms with E-state index in [2.05, 4.69) is 16.0 Å². The molecule has 9 heteroatoms. The first kappa shape index (κ1) is 18.5. The van der Waals surface area contributed by atoms with E-state index in [1.165, 1.54) is 25.2 Å². The van der Waals surface area contributed by atoms with Crippen molar-refractivity contribution in [2.45, 2.75) is 6.42 Å². The number of benzene rings is 2. The van der Waals surface area contributed by atoms with Gasteiger partial charge in [-0.15, -0.1) is 0 Å². The number of fused-ring (bicyclic) bond motifs is 1. The number of aryl methyl sites for hydroxylation is 1. The van der Waals surface area contributed by atoms with Gasteiger partial charge >= 0.3 is 0 Å². The lowest BCUT2D eigenvalue weighted by Crippen LogP contribution is -2.43. The lowest BCUT2D eigenvalue weighted by Gasteiger charge is -2.10. The van der Waals surface area contributed by atoms with E-state index in [1.54, 1.807) is 24.3 Å². The van der Waals surface area contributed by atoms with Crippen molar-refractivity contribution in [2.24, 2.45) is 7.05 Å². The molecule has 27 heavy (non-hydrogen) atoms. The van der Waals surface area contributed by atoms with Crippen LogP contribution in [0, 0.1) is 5.82 Å². The smallest absolute Gasteiger partial charge is 0.273 e. The third-order valence-corrected chi connectivity index (χ3v) is 4.24. The second-order valence-corrected chi connectivity index (χ2v) is 6.11. The molecule has 0 bridgehead atoms. The summed E-state index contributed by atoms with van der Waals surface area (Å²) < 4.78 is 14.8. The van der Waals surface area contributed by atoms with Gasteiger partial charge in [-0.05, 0) is 18.2 Å². The molecule has 1 heterocycles. The standard InChI is InChI=1S/C18H14ClFN4O3/c1-24-18(27)11-6-3-2-5-10(11)16(23-24)17(26)22-21-15(25)9-12-13(19)7-4-8-14(12)20/h2-8H,9H2,1H3,(H,21,25)(H,22,26). The van der Waals surface area contributed by atoms with Gasteiger partial charge in [-0.2, -0.15) is 5.10 Å². The molecule has 138 valence electrons. The molecule has 0 aliphatic heterocycles. The molecule has 2 amide bonds. The molecule has 2 N–H and O–H groups in total. The summed E-state index contributed by atoms with van der Waals surface area (Å²) in [5.41, 5.74) is 4.05. The summed E-state index contributed by atoms with van der Waals surface area (Å²) in [7, 11) is 1.42. The third kappa shape index (κ3) is 3.80. The minimum atomic E-state index is -0.713. The van der Waals surface area contributed by atoms with E-state index in [0.29, 0.717) is 10.8 Å². The van der Waals surface area contributed by atoms with Crippen LogP contribution in [0.25, 0.3) is 10.8 Å². The summed E-state index contributed by atoms with van der Waals surface area (Å²) >= 11 is 5.88. The third-order valence-electron chi connectivity index (χ3n) is 3.89. The average molecular weight is 389 g/mol. The molecule has 0 fully saturated rings. The highest BCUT2D eigenvalue weighted by Gasteiger charge is 2.17. The van der Waals surface area contributed by atoms with Crippen LogP contribution in [-0.4, -0.2) is 21.6 Å². The minimum Gasteiger partial charge on any atom is -0.273 e. The molecule has 0 saturated heterocycles. The van der Waals surface area contributed by atoms with Gasteiger partial charge in [0.2, 0.25) is 5.91 Å². The number of halogens is 2. The van der Waals surface area contributed by atoms with E-state index in [4.69, 9.17) is 11.6 Å². The van der Waals surface area contributed by atoms with Gasteiger partial charge in [0.1, 0.15) is 5.82 Å². The number of amides is 2. The number of nitrogens with one attached hydrogen (secondary N) is 2.